The van der Waals surface area contributed by atoms with Gasteiger partial charge in [0.2, 0.25) is 0 Å². The zero-order valence-corrected chi connectivity index (χ0v) is 11.1. The van der Waals surface area contributed by atoms with Crippen LogP contribution in [0.5, 0.6) is 0 Å². The van der Waals surface area contributed by atoms with Gasteiger partial charge in [-0.25, -0.2) is 4.98 Å². The van der Waals surface area contributed by atoms with Gasteiger partial charge in [0, 0.05) is 18.2 Å². The molecular weight excluding hydrogens is 283 g/mol. The number of halogens is 3. The fourth-order valence-corrected chi connectivity index (χ4v) is 2.07. The van der Waals surface area contributed by atoms with Crippen molar-refractivity contribution in [1.82, 2.24) is 4.98 Å². The molecule has 0 N–H and O–H groups in total. The van der Waals surface area contributed by atoms with Gasteiger partial charge in [0.25, 0.3) is 0 Å². The Morgan fingerprint density at radius 1 is 1.42 bits per heavy atom. The van der Waals surface area contributed by atoms with Gasteiger partial charge < -0.3 is 9.47 Å². The van der Waals surface area contributed by atoms with Crippen molar-refractivity contribution in [3.63, 3.8) is 0 Å². The molecule has 0 radical (unpaired) electrons. The van der Waals surface area contributed by atoms with Crippen molar-refractivity contribution < 1.29 is 27.4 Å². The molecular formula is C11H14F3NO3S. The standard InChI is InChI=1S/C11H14F3NO3S/c1-17-10(16)3-2-8-6-19-9(15-8)4-5-18-7-11(12,13)14/h6H,2-5,7H2,1H3. The topological polar surface area (TPSA) is 48.4 Å². The molecule has 0 fully saturated rings. The number of alkyl halides is 3. The number of esters is 1. The number of thiazole rings is 1. The summed E-state index contributed by atoms with van der Waals surface area (Å²) in [5.41, 5.74) is 0.737. The minimum atomic E-state index is -4.30. The summed E-state index contributed by atoms with van der Waals surface area (Å²) in [5.74, 6) is -0.317. The molecule has 0 aliphatic heterocycles. The number of rotatable bonds is 7. The first-order valence-corrected chi connectivity index (χ1v) is 6.43. The van der Waals surface area contributed by atoms with Crippen molar-refractivity contribution in [3.05, 3.63) is 16.1 Å². The molecule has 19 heavy (non-hydrogen) atoms. The quantitative estimate of drug-likeness (QED) is 0.572. The number of ether oxygens (including phenoxy) is 2. The monoisotopic (exact) mass is 297 g/mol. The van der Waals surface area contributed by atoms with Crippen molar-refractivity contribution in [1.29, 1.82) is 0 Å². The molecule has 0 saturated heterocycles. The Labute approximate surface area is 112 Å². The number of nitrogens with zero attached hydrogens (tertiary/aromatic N) is 1. The summed E-state index contributed by atoms with van der Waals surface area (Å²) in [6.45, 7) is -1.27. The third-order valence-corrected chi connectivity index (χ3v) is 3.10. The molecule has 1 heterocycles. The molecule has 0 aliphatic rings. The third kappa shape index (κ3) is 7.12. The summed E-state index contributed by atoms with van der Waals surface area (Å²) in [7, 11) is 1.31. The number of aryl methyl sites for hydroxylation is 1. The van der Waals surface area contributed by atoms with Gasteiger partial charge in [0.15, 0.2) is 0 Å². The molecule has 0 aromatic carbocycles. The average Bonchev–Trinajstić information content (AvgIpc) is 2.78. The van der Waals surface area contributed by atoms with Crippen LogP contribution in [0.4, 0.5) is 13.2 Å². The Morgan fingerprint density at radius 3 is 2.79 bits per heavy atom. The summed E-state index contributed by atoms with van der Waals surface area (Å²) in [6, 6.07) is 0. The number of hydrogen-bond donors (Lipinski definition) is 0. The van der Waals surface area contributed by atoms with Crippen LogP contribution < -0.4 is 0 Å². The molecule has 8 heteroatoms. The summed E-state index contributed by atoms with van der Waals surface area (Å²) in [4.78, 5) is 15.1. The molecule has 1 rings (SSSR count). The average molecular weight is 297 g/mol. The number of carbonyl (C=O) groups excluding carboxylic acids is 1. The second kappa shape index (κ2) is 7.44. The summed E-state index contributed by atoms with van der Waals surface area (Å²) in [5, 5.41) is 2.48. The first-order valence-electron chi connectivity index (χ1n) is 5.55. The van der Waals surface area contributed by atoms with E-state index in [1.165, 1.54) is 18.4 Å². The molecule has 0 amide bonds. The lowest BCUT2D eigenvalue weighted by Gasteiger charge is -2.06. The van der Waals surface area contributed by atoms with Crippen molar-refractivity contribution in [3.8, 4) is 0 Å². The summed E-state index contributed by atoms with van der Waals surface area (Å²) >= 11 is 1.34. The number of methoxy groups -OCH3 is 1. The predicted molar refractivity (Wildman–Crippen MR) is 63.0 cm³/mol. The lowest BCUT2D eigenvalue weighted by Crippen LogP contribution is -2.17. The molecule has 1 aromatic rings. The lowest BCUT2D eigenvalue weighted by atomic mass is 10.2. The van der Waals surface area contributed by atoms with Crippen LogP contribution in [0.15, 0.2) is 5.38 Å². The minimum Gasteiger partial charge on any atom is -0.469 e. The van der Waals surface area contributed by atoms with Crippen LogP contribution >= 0.6 is 11.3 Å². The van der Waals surface area contributed by atoms with Crippen molar-refractivity contribution in [2.45, 2.75) is 25.4 Å². The molecule has 0 unspecified atom stereocenters. The maximum atomic E-state index is 11.8. The van der Waals surface area contributed by atoms with Crippen molar-refractivity contribution >= 4 is 17.3 Å². The maximum Gasteiger partial charge on any atom is 0.411 e. The molecule has 0 saturated carbocycles. The van der Waals surface area contributed by atoms with E-state index in [2.05, 4.69) is 14.5 Å². The summed E-state index contributed by atoms with van der Waals surface area (Å²) < 4.78 is 44.4. The Balaban J connectivity index is 2.25. The van der Waals surface area contributed by atoms with E-state index in [0.29, 0.717) is 17.8 Å². The zero-order valence-electron chi connectivity index (χ0n) is 10.3. The third-order valence-electron chi connectivity index (χ3n) is 2.14. The van der Waals surface area contributed by atoms with E-state index >= 15 is 0 Å². The Hall–Kier alpha value is -1.15. The molecule has 4 nitrogen and oxygen atoms in total. The van der Waals surface area contributed by atoms with Crippen LogP contribution in [0, 0.1) is 0 Å². The SMILES string of the molecule is COC(=O)CCc1csc(CCOCC(F)(F)F)n1. The smallest absolute Gasteiger partial charge is 0.411 e. The first kappa shape index (κ1) is 15.9. The summed E-state index contributed by atoms with van der Waals surface area (Å²) in [6.07, 6.45) is -3.26. The van der Waals surface area contributed by atoms with E-state index in [9.17, 15) is 18.0 Å². The highest BCUT2D eigenvalue weighted by Crippen LogP contribution is 2.16. The van der Waals surface area contributed by atoms with E-state index in [1.807, 2.05) is 0 Å². The Morgan fingerprint density at radius 2 is 2.16 bits per heavy atom. The second-order valence-corrected chi connectivity index (χ2v) is 4.67. The van der Waals surface area contributed by atoms with E-state index in [0.717, 1.165) is 5.69 Å². The van der Waals surface area contributed by atoms with Gasteiger partial charge in [0.1, 0.15) is 6.61 Å². The molecule has 108 valence electrons. The van der Waals surface area contributed by atoms with Gasteiger partial charge in [-0.15, -0.1) is 11.3 Å². The Bertz CT molecular complexity index is 406. The largest absolute Gasteiger partial charge is 0.469 e. The first-order chi connectivity index (χ1) is 8.90. The predicted octanol–water partition coefficient (Wildman–Crippen LogP) is 2.37. The van der Waals surface area contributed by atoms with Crippen molar-refractivity contribution in [2.75, 3.05) is 20.3 Å². The van der Waals surface area contributed by atoms with Gasteiger partial charge in [0.05, 0.1) is 30.8 Å². The highest BCUT2D eigenvalue weighted by Gasteiger charge is 2.27. The molecule has 1 aromatic heterocycles. The van der Waals surface area contributed by atoms with Gasteiger partial charge in [-0.3, -0.25) is 4.79 Å². The fraction of sp³-hybridized carbons (Fsp3) is 0.636. The van der Waals surface area contributed by atoms with Gasteiger partial charge in [-0.2, -0.15) is 13.2 Å². The van der Waals surface area contributed by atoms with Crippen LogP contribution in [0.3, 0.4) is 0 Å². The van der Waals surface area contributed by atoms with Gasteiger partial charge in [-0.05, 0) is 0 Å². The van der Waals surface area contributed by atoms with Crippen LogP contribution in [-0.4, -0.2) is 37.5 Å². The molecule has 0 atom stereocenters. The van der Waals surface area contributed by atoms with Gasteiger partial charge in [-0.1, -0.05) is 0 Å². The molecule has 0 aliphatic carbocycles. The highest BCUT2D eigenvalue weighted by molar-refractivity contribution is 7.09. The second-order valence-electron chi connectivity index (χ2n) is 3.73. The maximum absolute atomic E-state index is 11.8. The molecule has 0 spiro atoms. The van der Waals surface area contributed by atoms with E-state index in [-0.39, 0.29) is 19.0 Å². The number of carbonyl (C=O) groups is 1. The number of aromatic nitrogens is 1. The molecule has 0 bridgehead atoms. The highest BCUT2D eigenvalue weighted by atomic mass is 32.1. The van der Waals surface area contributed by atoms with Crippen LogP contribution in [0.2, 0.25) is 0 Å². The Kier molecular flexibility index (Phi) is 6.23. The van der Waals surface area contributed by atoms with E-state index in [4.69, 9.17) is 0 Å². The minimum absolute atomic E-state index is 0.0243. The van der Waals surface area contributed by atoms with Crippen LogP contribution in [-0.2, 0) is 27.1 Å². The fourth-order valence-electron chi connectivity index (χ4n) is 1.26. The zero-order chi connectivity index (χ0) is 14.3. The van der Waals surface area contributed by atoms with Gasteiger partial charge >= 0.3 is 12.1 Å². The lowest BCUT2D eigenvalue weighted by molar-refractivity contribution is -0.173. The van der Waals surface area contributed by atoms with Crippen LogP contribution in [0.25, 0.3) is 0 Å². The van der Waals surface area contributed by atoms with Crippen LogP contribution in [0.1, 0.15) is 17.1 Å². The number of hydrogen-bond acceptors (Lipinski definition) is 5. The normalized spacial score (nSPS) is 11.6. The van der Waals surface area contributed by atoms with Crippen molar-refractivity contribution in [2.24, 2.45) is 0 Å². The van der Waals surface area contributed by atoms with E-state index < -0.39 is 12.8 Å². The van der Waals surface area contributed by atoms with E-state index in [1.54, 1.807) is 5.38 Å².